The number of carbonyl (C=O) groups excluding carboxylic acids is 1. The van der Waals surface area contributed by atoms with Gasteiger partial charge in [-0.05, 0) is 25.0 Å². The van der Waals surface area contributed by atoms with Crippen molar-refractivity contribution in [3.8, 4) is 0 Å². The first-order valence-corrected chi connectivity index (χ1v) is 4.58. The molecule has 1 aliphatic rings. The molecule has 1 aliphatic carbocycles. The largest absolute Gasteiger partial charge is 0.469 e. The normalized spacial score (nSPS) is 20.1. The molecule has 0 radical (unpaired) electrons. The summed E-state index contributed by atoms with van der Waals surface area (Å²) in [5, 5.41) is 0. The fourth-order valence-corrected chi connectivity index (χ4v) is 1.76. The molecular weight excluding hydrogens is 182 g/mol. The summed E-state index contributed by atoms with van der Waals surface area (Å²) in [6.07, 6.45) is 3.37. The van der Waals surface area contributed by atoms with Gasteiger partial charge in [-0.15, -0.1) is 0 Å². The summed E-state index contributed by atoms with van der Waals surface area (Å²) in [6.45, 7) is 0. The second kappa shape index (κ2) is 3.13. The first-order valence-electron chi connectivity index (χ1n) is 4.58. The predicted octanol–water partition coefficient (Wildman–Crippen LogP) is 0.811. The van der Waals surface area contributed by atoms with Crippen LogP contribution in [0.1, 0.15) is 18.6 Å². The maximum absolute atomic E-state index is 11.3. The quantitative estimate of drug-likeness (QED) is 0.725. The highest BCUT2D eigenvalue weighted by Gasteiger charge is 2.54. The lowest BCUT2D eigenvalue weighted by atomic mass is 9.94. The Labute approximate surface area is 82.0 Å². The van der Waals surface area contributed by atoms with Gasteiger partial charge in [0.1, 0.15) is 11.8 Å². The highest BCUT2D eigenvalue weighted by Crippen LogP contribution is 2.50. The molecule has 1 heterocycles. The molecule has 2 rings (SSSR count). The third-order valence-corrected chi connectivity index (χ3v) is 2.85. The fourth-order valence-electron chi connectivity index (χ4n) is 1.76. The van der Waals surface area contributed by atoms with Crippen molar-refractivity contribution in [3.63, 3.8) is 0 Å². The zero-order valence-electron chi connectivity index (χ0n) is 8.03. The fraction of sp³-hybridized carbons (Fsp3) is 0.500. The van der Waals surface area contributed by atoms with E-state index in [9.17, 15) is 4.79 Å². The van der Waals surface area contributed by atoms with E-state index in [4.69, 9.17) is 10.2 Å². The molecule has 4 heteroatoms. The Kier molecular flexibility index (Phi) is 2.07. The molecule has 0 amide bonds. The molecule has 2 N–H and O–H groups in total. The average Bonchev–Trinajstić information content (AvgIpc) is 2.84. The first-order chi connectivity index (χ1) is 6.70. The van der Waals surface area contributed by atoms with Crippen LogP contribution >= 0.6 is 0 Å². The monoisotopic (exact) mass is 195 g/mol. The van der Waals surface area contributed by atoms with Crippen LogP contribution in [0.4, 0.5) is 0 Å². The van der Waals surface area contributed by atoms with Crippen LogP contribution in [0.2, 0.25) is 0 Å². The smallest absolute Gasteiger partial charge is 0.323 e. The van der Waals surface area contributed by atoms with E-state index >= 15 is 0 Å². The Hall–Kier alpha value is -1.29. The molecule has 0 saturated heterocycles. The Balaban J connectivity index is 2.21. The first kappa shape index (κ1) is 9.27. The number of carbonyl (C=O) groups is 1. The van der Waals surface area contributed by atoms with Gasteiger partial charge in [0.05, 0.1) is 18.8 Å². The summed E-state index contributed by atoms with van der Waals surface area (Å²) in [5.74, 6) is 0.411. The minimum atomic E-state index is -0.612. The van der Waals surface area contributed by atoms with Crippen LogP contribution in [-0.4, -0.2) is 19.1 Å². The van der Waals surface area contributed by atoms with E-state index in [2.05, 4.69) is 4.74 Å². The lowest BCUT2D eigenvalue weighted by Gasteiger charge is -2.18. The molecule has 4 nitrogen and oxygen atoms in total. The number of methoxy groups -OCH3 is 1. The van der Waals surface area contributed by atoms with Gasteiger partial charge in [0.25, 0.3) is 0 Å². The minimum absolute atomic E-state index is 0.309. The summed E-state index contributed by atoms with van der Waals surface area (Å²) in [4.78, 5) is 11.3. The number of ether oxygens (including phenoxy) is 1. The number of rotatable bonds is 3. The molecule has 0 bridgehead atoms. The van der Waals surface area contributed by atoms with Crippen molar-refractivity contribution in [2.75, 3.05) is 7.11 Å². The van der Waals surface area contributed by atoms with E-state index in [0.29, 0.717) is 0 Å². The van der Waals surface area contributed by atoms with Gasteiger partial charge in [-0.1, -0.05) is 0 Å². The summed E-state index contributed by atoms with van der Waals surface area (Å²) >= 11 is 0. The average molecular weight is 195 g/mol. The van der Waals surface area contributed by atoms with Crippen LogP contribution in [0.15, 0.2) is 22.8 Å². The van der Waals surface area contributed by atoms with Gasteiger partial charge < -0.3 is 14.9 Å². The van der Waals surface area contributed by atoms with Gasteiger partial charge >= 0.3 is 5.97 Å². The van der Waals surface area contributed by atoms with E-state index in [-0.39, 0.29) is 11.4 Å². The zero-order valence-corrected chi connectivity index (χ0v) is 8.03. The molecule has 1 atom stereocenters. The summed E-state index contributed by atoms with van der Waals surface area (Å²) in [6, 6.07) is 3.05. The topological polar surface area (TPSA) is 65.5 Å². The van der Waals surface area contributed by atoms with Gasteiger partial charge in [0.2, 0.25) is 0 Å². The lowest BCUT2D eigenvalue weighted by Crippen LogP contribution is -2.42. The molecule has 1 aromatic heterocycles. The maximum Gasteiger partial charge on any atom is 0.323 e. The second-order valence-electron chi connectivity index (χ2n) is 3.63. The summed E-state index contributed by atoms with van der Waals surface area (Å²) < 4.78 is 9.92. The van der Waals surface area contributed by atoms with Crippen molar-refractivity contribution in [3.05, 3.63) is 24.2 Å². The molecular formula is C10H13NO3. The van der Waals surface area contributed by atoms with Crippen molar-refractivity contribution in [2.45, 2.75) is 24.3 Å². The van der Waals surface area contributed by atoms with E-state index < -0.39 is 6.04 Å². The van der Waals surface area contributed by atoms with E-state index in [1.165, 1.54) is 7.11 Å². The Morgan fingerprint density at radius 1 is 1.71 bits per heavy atom. The van der Waals surface area contributed by atoms with Crippen molar-refractivity contribution in [2.24, 2.45) is 5.73 Å². The maximum atomic E-state index is 11.3. The SMILES string of the molecule is COC(=O)C(N)C1(c2ccco2)CC1. The molecule has 14 heavy (non-hydrogen) atoms. The van der Waals surface area contributed by atoms with Gasteiger partial charge in [-0.3, -0.25) is 4.79 Å². The third kappa shape index (κ3) is 1.23. The van der Waals surface area contributed by atoms with E-state index in [1.54, 1.807) is 12.3 Å². The standard InChI is InChI=1S/C10H13NO3/c1-13-9(12)8(11)10(4-5-10)7-3-2-6-14-7/h2-3,6,8H,4-5,11H2,1H3. The molecule has 0 aromatic carbocycles. The summed E-state index contributed by atoms with van der Waals surface area (Å²) in [7, 11) is 1.35. The van der Waals surface area contributed by atoms with Gasteiger partial charge in [0.15, 0.2) is 0 Å². The number of hydrogen-bond acceptors (Lipinski definition) is 4. The third-order valence-electron chi connectivity index (χ3n) is 2.85. The molecule has 0 spiro atoms. The molecule has 1 unspecified atom stereocenters. The number of nitrogens with two attached hydrogens (primary N) is 1. The number of esters is 1. The predicted molar refractivity (Wildman–Crippen MR) is 49.6 cm³/mol. The summed E-state index contributed by atoms with van der Waals surface area (Å²) in [5.41, 5.74) is 5.52. The minimum Gasteiger partial charge on any atom is -0.469 e. The van der Waals surface area contributed by atoms with Crippen LogP contribution in [0.5, 0.6) is 0 Å². The Bertz CT molecular complexity index is 327. The van der Waals surface area contributed by atoms with Crippen LogP contribution in [-0.2, 0) is 14.9 Å². The van der Waals surface area contributed by atoms with Crippen LogP contribution in [0.25, 0.3) is 0 Å². The van der Waals surface area contributed by atoms with Gasteiger partial charge in [-0.25, -0.2) is 0 Å². The van der Waals surface area contributed by atoms with Crippen LogP contribution in [0, 0.1) is 0 Å². The number of hydrogen-bond donors (Lipinski definition) is 1. The van der Waals surface area contributed by atoms with Crippen LogP contribution in [0.3, 0.4) is 0 Å². The zero-order chi connectivity index (χ0) is 10.2. The van der Waals surface area contributed by atoms with Crippen molar-refractivity contribution >= 4 is 5.97 Å². The molecule has 1 aromatic rings. The van der Waals surface area contributed by atoms with E-state index in [1.807, 2.05) is 6.07 Å². The van der Waals surface area contributed by atoms with E-state index in [0.717, 1.165) is 18.6 Å². The highest BCUT2D eigenvalue weighted by atomic mass is 16.5. The van der Waals surface area contributed by atoms with Gasteiger partial charge in [0, 0.05) is 0 Å². The molecule has 1 saturated carbocycles. The molecule has 1 fully saturated rings. The number of furan rings is 1. The van der Waals surface area contributed by atoms with Crippen molar-refractivity contribution in [1.82, 2.24) is 0 Å². The Morgan fingerprint density at radius 2 is 2.43 bits per heavy atom. The van der Waals surface area contributed by atoms with Crippen molar-refractivity contribution in [1.29, 1.82) is 0 Å². The lowest BCUT2D eigenvalue weighted by molar-refractivity contribution is -0.143. The van der Waals surface area contributed by atoms with Crippen LogP contribution < -0.4 is 5.73 Å². The Morgan fingerprint density at radius 3 is 2.86 bits per heavy atom. The second-order valence-corrected chi connectivity index (χ2v) is 3.63. The van der Waals surface area contributed by atoms with Crippen molar-refractivity contribution < 1.29 is 13.9 Å². The highest BCUT2D eigenvalue weighted by molar-refractivity contribution is 5.78. The molecule has 76 valence electrons. The van der Waals surface area contributed by atoms with Gasteiger partial charge in [-0.2, -0.15) is 0 Å². The molecule has 0 aliphatic heterocycles.